The van der Waals surface area contributed by atoms with Crippen molar-refractivity contribution in [3.63, 3.8) is 0 Å². The van der Waals surface area contributed by atoms with Crippen LogP contribution in [0.4, 0.5) is 11.5 Å². The van der Waals surface area contributed by atoms with Crippen molar-refractivity contribution in [1.29, 1.82) is 0 Å². The molecule has 8 aromatic carbocycles. The zero-order chi connectivity index (χ0) is 35.7. The first-order valence-electron chi connectivity index (χ1n) is 17.8. The van der Waals surface area contributed by atoms with Crippen molar-refractivity contribution in [3.8, 4) is 33.4 Å². The van der Waals surface area contributed by atoms with E-state index in [1.54, 1.807) is 12.3 Å². The van der Waals surface area contributed by atoms with Crippen LogP contribution in [0, 0.1) is 0 Å². The predicted octanol–water partition coefficient (Wildman–Crippen LogP) is 13.6. The number of nitrogens with zero attached hydrogens (tertiary/aromatic N) is 3. The average molecular weight is 678 g/mol. The molecular weight excluding hydrogens is 643 g/mol. The SMILES string of the molecule is C=C/C=C(\N=C)N(c1ccc(-c2ccc3c(-c4ccc5ccccc5c4)c4ccccc4c(-c4ccc5ccccc5c4)c3c2)cc1)c1ccccn1. The number of anilines is 2. The topological polar surface area (TPSA) is 28.5 Å². The van der Waals surface area contributed by atoms with Gasteiger partial charge in [-0.05, 0) is 132 Å². The Labute approximate surface area is 309 Å². The van der Waals surface area contributed by atoms with E-state index < -0.39 is 0 Å². The van der Waals surface area contributed by atoms with Crippen LogP contribution in [0.2, 0.25) is 0 Å². The lowest BCUT2D eigenvalue weighted by Gasteiger charge is -2.24. The predicted molar refractivity (Wildman–Crippen MR) is 227 cm³/mol. The van der Waals surface area contributed by atoms with Gasteiger partial charge in [-0.25, -0.2) is 9.98 Å². The molecule has 3 nitrogen and oxygen atoms in total. The third-order valence-corrected chi connectivity index (χ3v) is 10.1. The van der Waals surface area contributed by atoms with Crippen LogP contribution in [0.15, 0.2) is 206 Å². The maximum absolute atomic E-state index is 4.62. The van der Waals surface area contributed by atoms with E-state index in [1.807, 2.05) is 29.2 Å². The van der Waals surface area contributed by atoms with Crippen LogP contribution in [0.1, 0.15) is 0 Å². The minimum atomic E-state index is 0.644. The van der Waals surface area contributed by atoms with Crippen molar-refractivity contribution in [2.75, 3.05) is 4.90 Å². The number of allylic oxidation sites excluding steroid dienone is 2. The normalized spacial score (nSPS) is 11.7. The quantitative estimate of drug-likeness (QED) is 0.0910. The highest BCUT2D eigenvalue weighted by atomic mass is 15.3. The monoisotopic (exact) mass is 677 g/mol. The van der Waals surface area contributed by atoms with Crippen LogP contribution in [-0.2, 0) is 0 Å². The van der Waals surface area contributed by atoms with E-state index in [-0.39, 0.29) is 0 Å². The van der Waals surface area contributed by atoms with Crippen LogP contribution in [0.5, 0.6) is 0 Å². The lowest BCUT2D eigenvalue weighted by Crippen LogP contribution is -2.16. The molecule has 250 valence electrons. The fourth-order valence-corrected chi connectivity index (χ4v) is 7.64. The zero-order valence-corrected chi connectivity index (χ0v) is 29.2. The summed E-state index contributed by atoms with van der Waals surface area (Å²) >= 11 is 0. The van der Waals surface area contributed by atoms with Crippen LogP contribution in [0.3, 0.4) is 0 Å². The summed E-state index contributed by atoms with van der Waals surface area (Å²) in [5.41, 5.74) is 8.07. The molecule has 53 heavy (non-hydrogen) atoms. The van der Waals surface area contributed by atoms with Crippen molar-refractivity contribution < 1.29 is 0 Å². The second-order valence-corrected chi connectivity index (χ2v) is 13.2. The number of pyridine rings is 1. The molecule has 0 aliphatic carbocycles. The number of hydrogen-bond acceptors (Lipinski definition) is 3. The molecule has 0 N–H and O–H groups in total. The van der Waals surface area contributed by atoms with Gasteiger partial charge in [0, 0.05) is 11.9 Å². The Bertz CT molecular complexity index is 2870. The fraction of sp³-hybridized carbons (Fsp3) is 0. The summed E-state index contributed by atoms with van der Waals surface area (Å²) in [5, 5.41) is 9.83. The minimum Gasteiger partial charge on any atom is -0.279 e. The van der Waals surface area contributed by atoms with Gasteiger partial charge in [0.05, 0.1) is 0 Å². The van der Waals surface area contributed by atoms with Gasteiger partial charge < -0.3 is 0 Å². The molecule has 0 amide bonds. The first kappa shape index (κ1) is 31.9. The molecular formula is C50H35N3. The van der Waals surface area contributed by atoms with Gasteiger partial charge >= 0.3 is 0 Å². The maximum atomic E-state index is 4.62. The molecule has 0 radical (unpaired) electrons. The molecule has 0 spiro atoms. The van der Waals surface area contributed by atoms with Gasteiger partial charge in [0.2, 0.25) is 0 Å². The summed E-state index contributed by atoms with van der Waals surface area (Å²) in [6, 6.07) is 61.1. The third kappa shape index (κ3) is 5.75. The summed E-state index contributed by atoms with van der Waals surface area (Å²) in [4.78, 5) is 10.9. The molecule has 1 heterocycles. The Morgan fingerprint density at radius 2 is 1.02 bits per heavy atom. The molecule has 9 aromatic rings. The van der Waals surface area contributed by atoms with Crippen LogP contribution in [-0.4, -0.2) is 11.7 Å². The Morgan fingerprint density at radius 1 is 0.491 bits per heavy atom. The molecule has 0 aliphatic heterocycles. The molecule has 0 fully saturated rings. The van der Waals surface area contributed by atoms with Crippen molar-refractivity contribution in [1.82, 2.24) is 4.98 Å². The minimum absolute atomic E-state index is 0.644. The number of fused-ring (bicyclic) bond motifs is 4. The van der Waals surface area contributed by atoms with Gasteiger partial charge in [-0.3, -0.25) is 4.90 Å². The molecule has 0 bridgehead atoms. The van der Waals surface area contributed by atoms with E-state index >= 15 is 0 Å². The second kappa shape index (κ2) is 13.6. The summed E-state index contributed by atoms with van der Waals surface area (Å²) < 4.78 is 0. The average Bonchev–Trinajstić information content (AvgIpc) is 3.22. The van der Waals surface area contributed by atoms with E-state index in [0.717, 1.165) is 22.6 Å². The van der Waals surface area contributed by atoms with Crippen molar-refractivity contribution in [2.45, 2.75) is 0 Å². The standard InChI is InChI=1S/C50H35N3/c1-3-12-47(51-2)53(48-19-10-11-30-52-48)42-27-24-36(25-28-42)39-26-29-45-46(33-39)50(41-23-21-35-14-5-7-16-38(35)32-41)44-18-9-8-17-43(44)49(45)40-22-20-34-13-4-6-15-37(34)31-40/h3-33H,1-2H2/b47-12+. The van der Waals surface area contributed by atoms with Crippen molar-refractivity contribution >= 4 is 61.3 Å². The number of rotatable bonds is 8. The number of aliphatic imine (C=N–C) groups is 1. The van der Waals surface area contributed by atoms with Crippen molar-refractivity contribution in [2.24, 2.45) is 4.99 Å². The fourth-order valence-electron chi connectivity index (χ4n) is 7.64. The van der Waals surface area contributed by atoms with Gasteiger partial charge in [-0.2, -0.15) is 0 Å². The van der Waals surface area contributed by atoms with Crippen LogP contribution < -0.4 is 4.90 Å². The molecule has 0 unspecified atom stereocenters. The molecule has 0 atom stereocenters. The van der Waals surface area contributed by atoms with Gasteiger partial charge in [-0.1, -0.05) is 140 Å². The van der Waals surface area contributed by atoms with E-state index in [1.165, 1.54) is 65.3 Å². The number of aromatic nitrogens is 1. The Balaban J connectivity index is 1.27. The van der Waals surface area contributed by atoms with Crippen LogP contribution >= 0.6 is 0 Å². The van der Waals surface area contributed by atoms with Crippen LogP contribution in [0.25, 0.3) is 76.5 Å². The summed E-state index contributed by atoms with van der Waals surface area (Å²) in [6.07, 6.45) is 5.33. The maximum Gasteiger partial charge on any atom is 0.138 e. The Hall–Kier alpha value is -7.10. The van der Waals surface area contributed by atoms with Gasteiger partial charge in [0.25, 0.3) is 0 Å². The highest BCUT2D eigenvalue weighted by Crippen LogP contribution is 2.46. The molecule has 0 saturated carbocycles. The summed E-state index contributed by atoms with van der Waals surface area (Å²) in [7, 11) is 0. The third-order valence-electron chi connectivity index (χ3n) is 10.1. The smallest absolute Gasteiger partial charge is 0.138 e. The molecule has 9 rings (SSSR count). The summed E-state index contributed by atoms with van der Waals surface area (Å²) in [6.45, 7) is 7.71. The van der Waals surface area contributed by atoms with Gasteiger partial charge in [-0.15, -0.1) is 0 Å². The van der Waals surface area contributed by atoms with Gasteiger partial charge in [0.1, 0.15) is 11.6 Å². The van der Waals surface area contributed by atoms with E-state index in [2.05, 4.69) is 175 Å². The summed E-state index contributed by atoms with van der Waals surface area (Å²) in [5.74, 6) is 1.39. The number of benzene rings is 8. The highest BCUT2D eigenvalue weighted by Gasteiger charge is 2.19. The van der Waals surface area contributed by atoms with Crippen molar-refractivity contribution in [3.05, 3.63) is 201 Å². The second-order valence-electron chi connectivity index (χ2n) is 13.2. The highest BCUT2D eigenvalue weighted by molar-refractivity contribution is 6.22. The lowest BCUT2D eigenvalue weighted by molar-refractivity contribution is 1.08. The first-order valence-corrected chi connectivity index (χ1v) is 17.8. The molecule has 3 heteroatoms. The molecule has 0 aliphatic rings. The van der Waals surface area contributed by atoms with E-state index in [0.29, 0.717) is 5.82 Å². The van der Waals surface area contributed by atoms with E-state index in [4.69, 9.17) is 0 Å². The number of hydrogen-bond donors (Lipinski definition) is 0. The lowest BCUT2D eigenvalue weighted by atomic mass is 9.84. The Morgan fingerprint density at radius 3 is 1.60 bits per heavy atom. The molecule has 1 aromatic heterocycles. The molecule has 0 saturated heterocycles. The zero-order valence-electron chi connectivity index (χ0n) is 29.2. The largest absolute Gasteiger partial charge is 0.279 e. The Kier molecular flexibility index (Phi) is 8.15. The first-order chi connectivity index (χ1) is 26.2. The van der Waals surface area contributed by atoms with Gasteiger partial charge in [0.15, 0.2) is 0 Å². The van der Waals surface area contributed by atoms with E-state index in [9.17, 15) is 0 Å².